The van der Waals surface area contributed by atoms with E-state index in [9.17, 15) is 4.79 Å². The van der Waals surface area contributed by atoms with Crippen molar-refractivity contribution in [3.05, 3.63) is 0 Å². The first-order chi connectivity index (χ1) is 4.83. The van der Waals surface area contributed by atoms with Gasteiger partial charge in [0, 0.05) is 11.8 Å². The van der Waals surface area contributed by atoms with Crippen molar-refractivity contribution in [3.63, 3.8) is 0 Å². The molecule has 1 saturated carbocycles. The molecule has 1 aliphatic rings. The van der Waals surface area contributed by atoms with E-state index in [4.69, 9.17) is 0 Å². The van der Waals surface area contributed by atoms with Crippen LogP contribution >= 0.6 is 0 Å². The fourth-order valence-corrected chi connectivity index (χ4v) is 1.55. The van der Waals surface area contributed by atoms with Crippen LogP contribution in [0.5, 0.6) is 0 Å². The van der Waals surface area contributed by atoms with Crippen molar-refractivity contribution < 1.29 is 45.8 Å². The molecule has 0 spiro atoms. The van der Waals surface area contributed by atoms with Crippen LogP contribution in [0.2, 0.25) is 0 Å². The van der Waals surface area contributed by atoms with Crippen LogP contribution in [0.1, 0.15) is 47.0 Å². The molecule has 3 heteroatoms. The topological polar surface area (TPSA) is 17.1 Å². The van der Waals surface area contributed by atoms with Gasteiger partial charge in [-0.05, 0) is 18.3 Å². The van der Waals surface area contributed by atoms with Gasteiger partial charge in [0.25, 0.3) is 0 Å². The standard InChI is InChI=1S/C10H18O.Cu.HI/c1-9(2)5-6-10(3,4)8(11)7-9;;/h5-7H2,1-4H3;;1H/q;+1;/p-1. The maximum atomic E-state index is 11.5. The third-order valence-electron chi connectivity index (χ3n) is 2.82. The quantitative estimate of drug-likeness (QED) is 0.439. The minimum Gasteiger partial charge on any atom is -1.00 e. The summed E-state index contributed by atoms with van der Waals surface area (Å²) in [6, 6.07) is 0. The van der Waals surface area contributed by atoms with Gasteiger partial charge in [-0.1, -0.05) is 27.7 Å². The molecule has 0 aromatic carbocycles. The number of carbonyl (C=O) groups excluding carboxylic acids is 1. The number of carbonyl (C=O) groups is 1. The van der Waals surface area contributed by atoms with Crippen LogP contribution < -0.4 is 24.0 Å². The van der Waals surface area contributed by atoms with E-state index >= 15 is 0 Å². The zero-order valence-corrected chi connectivity index (χ0v) is 11.8. The van der Waals surface area contributed by atoms with Crippen LogP contribution in [-0.2, 0) is 21.9 Å². The molecule has 0 saturated heterocycles. The maximum Gasteiger partial charge on any atom is 1.00 e. The molecule has 13 heavy (non-hydrogen) atoms. The summed E-state index contributed by atoms with van der Waals surface area (Å²) in [7, 11) is 0. The molecule has 0 aromatic rings. The Hall–Kier alpha value is 0.919. The maximum absolute atomic E-state index is 11.5. The van der Waals surface area contributed by atoms with Crippen molar-refractivity contribution >= 4 is 5.78 Å². The molecule has 0 atom stereocenters. The molecule has 82 valence electrons. The number of ketones is 1. The van der Waals surface area contributed by atoms with Crippen LogP contribution in [0.25, 0.3) is 0 Å². The molecule has 0 N–H and O–H groups in total. The predicted molar refractivity (Wildman–Crippen MR) is 46.4 cm³/mol. The number of halogens is 1. The third-order valence-corrected chi connectivity index (χ3v) is 2.82. The summed E-state index contributed by atoms with van der Waals surface area (Å²) in [6.45, 7) is 8.48. The first-order valence-electron chi connectivity index (χ1n) is 4.37. The SMILES string of the molecule is CC1(C)CCC(C)(C)C(=O)C1.[Cu+].[I-]. The summed E-state index contributed by atoms with van der Waals surface area (Å²) in [5, 5.41) is 0. The Balaban J connectivity index is 0. The summed E-state index contributed by atoms with van der Waals surface area (Å²) in [5.74, 6) is 0.439. The third kappa shape index (κ3) is 4.30. The minimum atomic E-state index is -0.0461. The Bertz CT molecular complexity index is 187. The second kappa shape index (κ2) is 5.13. The number of hydrogen-bond acceptors (Lipinski definition) is 1. The van der Waals surface area contributed by atoms with Gasteiger partial charge in [-0.25, -0.2) is 0 Å². The van der Waals surface area contributed by atoms with Gasteiger partial charge < -0.3 is 24.0 Å². The fraction of sp³-hybridized carbons (Fsp3) is 0.900. The van der Waals surface area contributed by atoms with Gasteiger partial charge in [0.05, 0.1) is 0 Å². The van der Waals surface area contributed by atoms with Crippen molar-refractivity contribution in [2.24, 2.45) is 10.8 Å². The van der Waals surface area contributed by atoms with Crippen molar-refractivity contribution in [3.8, 4) is 0 Å². The van der Waals surface area contributed by atoms with E-state index in [1.807, 2.05) is 0 Å². The number of rotatable bonds is 0. The molecule has 0 bridgehead atoms. The van der Waals surface area contributed by atoms with Gasteiger partial charge in [0.2, 0.25) is 0 Å². The van der Waals surface area contributed by atoms with Crippen LogP contribution in [0.3, 0.4) is 0 Å². The summed E-state index contributed by atoms with van der Waals surface area (Å²) in [5.41, 5.74) is 0.210. The van der Waals surface area contributed by atoms with Crippen LogP contribution in [0.4, 0.5) is 0 Å². The van der Waals surface area contributed by atoms with Crippen molar-refractivity contribution in [1.82, 2.24) is 0 Å². The molecule has 0 heterocycles. The van der Waals surface area contributed by atoms with Crippen molar-refractivity contribution in [1.29, 1.82) is 0 Å². The van der Waals surface area contributed by atoms with E-state index < -0.39 is 0 Å². The predicted octanol–water partition coefficient (Wildman–Crippen LogP) is -0.207. The van der Waals surface area contributed by atoms with Crippen LogP contribution in [-0.4, -0.2) is 5.78 Å². The van der Waals surface area contributed by atoms with E-state index in [-0.39, 0.29) is 51.9 Å². The Morgan fingerprint density at radius 1 is 1.08 bits per heavy atom. The van der Waals surface area contributed by atoms with E-state index in [0.717, 1.165) is 12.8 Å². The second-order valence-electron chi connectivity index (χ2n) is 5.15. The molecule has 1 nitrogen and oxygen atoms in total. The number of hydrogen-bond donors (Lipinski definition) is 0. The summed E-state index contributed by atoms with van der Waals surface area (Å²) < 4.78 is 0. The Morgan fingerprint density at radius 2 is 1.54 bits per heavy atom. The first-order valence-corrected chi connectivity index (χ1v) is 4.37. The Morgan fingerprint density at radius 3 is 1.85 bits per heavy atom. The average Bonchev–Trinajstić information content (AvgIpc) is 1.81. The molecule has 0 aromatic heterocycles. The van der Waals surface area contributed by atoms with E-state index in [1.165, 1.54) is 6.42 Å². The van der Waals surface area contributed by atoms with E-state index in [2.05, 4.69) is 27.7 Å². The molecule has 0 aliphatic heterocycles. The van der Waals surface area contributed by atoms with Gasteiger partial charge in [-0.2, -0.15) is 0 Å². The van der Waals surface area contributed by atoms with Gasteiger partial charge in [0.1, 0.15) is 5.78 Å². The molecular weight excluding hydrogens is 327 g/mol. The van der Waals surface area contributed by atoms with Gasteiger partial charge in [-0.15, -0.1) is 0 Å². The minimum absolute atomic E-state index is 0. The molecule has 1 aliphatic carbocycles. The van der Waals surface area contributed by atoms with Crippen molar-refractivity contribution in [2.45, 2.75) is 47.0 Å². The normalized spacial score (nSPS) is 24.2. The zero-order chi connectivity index (χ0) is 8.70. The van der Waals surface area contributed by atoms with E-state index in [1.54, 1.807) is 0 Å². The summed E-state index contributed by atoms with van der Waals surface area (Å²) >= 11 is 0. The Labute approximate surface area is 109 Å². The first kappa shape index (κ1) is 16.4. The van der Waals surface area contributed by atoms with E-state index in [0.29, 0.717) is 5.78 Å². The summed E-state index contributed by atoms with van der Waals surface area (Å²) in [6.07, 6.45) is 3.00. The molecule has 1 rings (SSSR count). The average molecular weight is 345 g/mol. The van der Waals surface area contributed by atoms with Crippen LogP contribution in [0, 0.1) is 10.8 Å². The zero-order valence-electron chi connectivity index (χ0n) is 8.71. The second-order valence-corrected chi connectivity index (χ2v) is 5.15. The summed E-state index contributed by atoms with van der Waals surface area (Å²) in [4.78, 5) is 11.5. The largest absolute Gasteiger partial charge is 1.00 e. The molecule has 0 unspecified atom stereocenters. The molecule has 0 amide bonds. The van der Waals surface area contributed by atoms with Crippen molar-refractivity contribution in [2.75, 3.05) is 0 Å². The number of Topliss-reactive ketones (excluding diaryl/α,β-unsaturated/α-hetero) is 1. The molecule has 0 radical (unpaired) electrons. The molecular formula is C10H18CuIO. The Kier molecular flexibility index (Phi) is 6.45. The monoisotopic (exact) mass is 344 g/mol. The van der Waals surface area contributed by atoms with Gasteiger partial charge in [0.15, 0.2) is 0 Å². The van der Waals surface area contributed by atoms with Crippen LogP contribution in [0.15, 0.2) is 0 Å². The molecule has 1 fully saturated rings. The smallest absolute Gasteiger partial charge is 1.00 e. The fourth-order valence-electron chi connectivity index (χ4n) is 1.55. The van der Waals surface area contributed by atoms with Gasteiger partial charge >= 0.3 is 17.1 Å². The van der Waals surface area contributed by atoms with Gasteiger partial charge in [-0.3, -0.25) is 4.79 Å².